The number of hydrogen-bond acceptors (Lipinski definition) is 2. The Kier molecular flexibility index (Phi) is 2.84. The molecule has 1 aliphatic rings. The number of ketones is 1. The first-order valence-electron chi connectivity index (χ1n) is 5.04. The Hall–Kier alpha value is -1.16. The highest BCUT2D eigenvalue weighted by Crippen LogP contribution is 2.32. The van der Waals surface area contributed by atoms with Gasteiger partial charge in [-0.05, 0) is 24.1 Å². The minimum absolute atomic E-state index is 0.0672. The minimum Gasteiger partial charge on any atom is -0.315 e. The van der Waals surface area contributed by atoms with Crippen LogP contribution in [0.4, 0.5) is 5.69 Å². The van der Waals surface area contributed by atoms with Gasteiger partial charge in [-0.2, -0.15) is 0 Å². The van der Waals surface area contributed by atoms with E-state index in [-0.39, 0.29) is 16.5 Å². The van der Waals surface area contributed by atoms with Gasteiger partial charge in [0.25, 0.3) is 0 Å². The molecule has 3 nitrogen and oxygen atoms in total. The average Bonchev–Trinajstić information content (AvgIpc) is 2.53. The lowest BCUT2D eigenvalue weighted by molar-refractivity contribution is -0.117. The molecule has 0 aromatic heterocycles. The van der Waals surface area contributed by atoms with Crippen molar-refractivity contribution in [1.29, 1.82) is 0 Å². The zero-order chi connectivity index (χ0) is 11.9. The molecule has 2 rings (SSSR count). The van der Waals surface area contributed by atoms with E-state index in [0.29, 0.717) is 6.42 Å². The Balaban J connectivity index is 2.39. The molecule has 1 aliphatic heterocycles. The Morgan fingerprint density at radius 1 is 1.50 bits per heavy atom. The third-order valence-corrected chi connectivity index (χ3v) is 4.00. The average molecular weight is 282 g/mol. The summed E-state index contributed by atoms with van der Waals surface area (Å²) in [6, 6.07) is 5.71. The number of carbonyl (C=O) groups excluding carboxylic acids is 2. The second kappa shape index (κ2) is 4.01. The quantitative estimate of drug-likeness (QED) is 0.780. The maximum absolute atomic E-state index is 11.5. The van der Waals surface area contributed by atoms with Crippen LogP contribution in [0.15, 0.2) is 18.2 Å². The summed E-state index contributed by atoms with van der Waals surface area (Å²) in [5.41, 5.74) is 2.85. The van der Waals surface area contributed by atoms with Crippen LogP contribution in [0.3, 0.4) is 0 Å². The van der Waals surface area contributed by atoms with Crippen molar-refractivity contribution in [1.82, 2.24) is 0 Å². The van der Waals surface area contributed by atoms with E-state index in [0.717, 1.165) is 16.8 Å². The summed E-state index contributed by atoms with van der Waals surface area (Å²) in [7, 11) is 1.77. The number of likely N-dealkylation sites (N-methyl/N-ethyl adjacent to an activating group) is 1. The van der Waals surface area contributed by atoms with E-state index < -0.39 is 0 Å². The molecular formula is C12H12BrNO2. The monoisotopic (exact) mass is 281 g/mol. The maximum atomic E-state index is 11.5. The second-order valence-corrected chi connectivity index (χ2v) is 4.91. The summed E-state index contributed by atoms with van der Waals surface area (Å²) in [6.07, 6.45) is 0.428. The predicted molar refractivity (Wildman–Crippen MR) is 65.9 cm³/mol. The van der Waals surface area contributed by atoms with Crippen LogP contribution in [0.5, 0.6) is 0 Å². The molecule has 0 bridgehead atoms. The van der Waals surface area contributed by atoms with Crippen LogP contribution >= 0.6 is 15.9 Å². The highest BCUT2D eigenvalue weighted by Gasteiger charge is 2.25. The van der Waals surface area contributed by atoms with E-state index in [2.05, 4.69) is 15.9 Å². The van der Waals surface area contributed by atoms with Crippen molar-refractivity contribution in [3.05, 3.63) is 29.3 Å². The topological polar surface area (TPSA) is 37.4 Å². The summed E-state index contributed by atoms with van der Waals surface area (Å²) in [5.74, 6) is 0.165. The summed E-state index contributed by atoms with van der Waals surface area (Å²) in [4.78, 5) is 24.1. The third kappa shape index (κ3) is 1.78. The normalized spacial score (nSPS) is 16.2. The number of Topliss-reactive ketones (excluding diaryl/α,β-unsaturated/α-hetero) is 1. The van der Waals surface area contributed by atoms with Crippen molar-refractivity contribution in [2.24, 2.45) is 0 Å². The molecule has 1 unspecified atom stereocenters. The molecule has 1 heterocycles. The standard InChI is InChI=1S/C12H12BrNO2/c1-7(15)12(13)8-3-4-10-9(5-8)6-11(16)14(10)2/h3-5,12H,6H2,1-2H3. The van der Waals surface area contributed by atoms with Crippen LogP contribution in [0.25, 0.3) is 0 Å². The van der Waals surface area contributed by atoms with E-state index in [1.54, 1.807) is 18.9 Å². The predicted octanol–water partition coefficient (Wildman–Crippen LogP) is 2.23. The summed E-state index contributed by atoms with van der Waals surface area (Å²) in [6.45, 7) is 1.55. The fourth-order valence-electron chi connectivity index (χ4n) is 1.88. The van der Waals surface area contributed by atoms with Gasteiger partial charge in [0, 0.05) is 12.7 Å². The molecule has 1 aromatic carbocycles. The number of nitrogens with zero attached hydrogens (tertiary/aromatic N) is 1. The number of amides is 1. The minimum atomic E-state index is -0.279. The molecule has 0 aliphatic carbocycles. The van der Waals surface area contributed by atoms with Crippen molar-refractivity contribution in [2.75, 3.05) is 11.9 Å². The molecule has 1 amide bonds. The van der Waals surface area contributed by atoms with Gasteiger partial charge >= 0.3 is 0 Å². The third-order valence-electron chi connectivity index (χ3n) is 2.83. The van der Waals surface area contributed by atoms with E-state index >= 15 is 0 Å². The van der Waals surface area contributed by atoms with Crippen LogP contribution in [-0.2, 0) is 16.0 Å². The maximum Gasteiger partial charge on any atom is 0.231 e. The van der Waals surface area contributed by atoms with Crippen molar-refractivity contribution in [3.63, 3.8) is 0 Å². The lowest BCUT2D eigenvalue weighted by atomic mass is 10.0. The second-order valence-electron chi connectivity index (χ2n) is 3.99. The van der Waals surface area contributed by atoms with E-state index in [4.69, 9.17) is 0 Å². The van der Waals surface area contributed by atoms with Gasteiger partial charge in [-0.15, -0.1) is 0 Å². The fraction of sp³-hybridized carbons (Fsp3) is 0.333. The van der Waals surface area contributed by atoms with Crippen LogP contribution in [0.2, 0.25) is 0 Å². The van der Waals surface area contributed by atoms with Gasteiger partial charge in [-0.25, -0.2) is 0 Å². The summed E-state index contributed by atoms with van der Waals surface area (Å²) < 4.78 is 0. The molecule has 84 valence electrons. The Morgan fingerprint density at radius 3 is 2.81 bits per heavy atom. The van der Waals surface area contributed by atoms with Gasteiger partial charge in [-0.1, -0.05) is 28.1 Å². The number of benzene rings is 1. The molecule has 0 N–H and O–H groups in total. The van der Waals surface area contributed by atoms with E-state index in [1.807, 2.05) is 18.2 Å². The highest BCUT2D eigenvalue weighted by atomic mass is 79.9. The first-order chi connectivity index (χ1) is 7.50. The lowest BCUT2D eigenvalue weighted by Crippen LogP contribution is -2.20. The number of rotatable bonds is 2. The number of alkyl halides is 1. The van der Waals surface area contributed by atoms with Crippen molar-refractivity contribution in [3.8, 4) is 0 Å². The molecule has 0 saturated carbocycles. The lowest BCUT2D eigenvalue weighted by Gasteiger charge is -2.12. The Bertz CT molecular complexity index is 470. The number of halogens is 1. The number of anilines is 1. The van der Waals surface area contributed by atoms with Crippen LogP contribution in [0, 0.1) is 0 Å². The summed E-state index contributed by atoms with van der Waals surface area (Å²) in [5, 5.41) is 0. The smallest absolute Gasteiger partial charge is 0.231 e. The van der Waals surface area contributed by atoms with Crippen molar-refractivity contribution >= 4 is 33.3 Å². The zero-order valence-corrected chi connectivity index (χ0v) is 10.7. The molecule has 1 aromatic rings. The first-order valence-corrected chi connectivity index (χ1v) is 5.96. The Labute approximate surface area is 103 Å². The van der Waals surface area contributed by atoms with Crippen molar-refractivity contribution in [2.45, 2.75) is 18.2 Å². The van der Waals surface area contributed by atoms with E-state index in [1.165, 1.54) is 0 Å². The fourth-order valence-corrected chi connectivity index (χ4v) is 2.17. The molecule has 4 heteroatoms. The van der Waals surface area contributed by atoms with Crippen LogP contribution in [-0.4, -0.2) is 18.7 Å². The van der Waals surface area contributed by atoms with Gasteiger partial charge in [0.1, 0.15) is 5.78 Å². The molecule has 0 radical (unpaired) electrons. The largest absolute Gasteiger partial charge is 0.315 e. The van der Waals surface area contributed by atoms with Gasteiger partial charge in [-0.3, -0.25) is 9.59 Å². The van der Waals surface area contributed by atoms with Gasteiger partial charge in [0.05, 0.1) is 11.2 Å². The first kappa shape index (κ1) is 11.3. The molecule has 0 fully saturated rings. The SMILES string of the molecule is CC(=O)C(Br)c1ccc2c(c1)CC(=O)N2C. The molecule has 16 heavy (non-hydrogen) atoms. The van der Waals surface area contributed by atoms with E-state index in [9.17, 15) is 9.59 Å². The number of fused-ring (bicyclic) bond motifs is 1. The van der Waals surface area contributed by atoms with Gasteiger partial charge in [0.2, 0.25) is 5.91 Å². The van der Waals surface area contributed by atoms with Crippen molar-refractivity contribution < 1.29 is 9.59 Å². The summed E-state index contributed by atoms with van der Waals surface area (Å²) >= 11 is 3.34. The molecule has 1 atom stereocenters. The van der Waals surface area contributed by atoms with Crippen LogP contribution in [0.1, 0.15) is 22.9 Å². The molecular weight excluding hydrogens is 270 g/mol. The molecule has 0 spiro atoms. The zero-order valence-electron chi connectivity index (χ0n) is 9.16. The molecule has 0 saturated heterocycles. The Morgan fingerprint density at radius 2 is 2.19 bits per heavy atom. The van der Waals surface area contributed by atoms with Gasteiger partial charge in [0.15, 0.2) is 0 Å². The van der Waals surface area contributed by atoms with Gasteiger partial charge < -0.3 is 4.90 Å². The van der Waals surface area contributed by atoms with Crippen LogP contribution < -0.4 is 4.90 Å². The number of hydrogen-bond donors (Lipinski definition) is 0. The number of carbonyl (C=O) groups is 2. The highest BCUT2D eigenvalue weighted by molar-refractivity contribution is 9.09.